The zero-order chi connectivity index (χ0) is 14.8. The summed E-state index contributed by atoms with van der Waals surface area (Å²) in [6, 6.07) is 2.56. The average molecular weight is 274 g/mol. The fourth-order valence-electron chi connectivity index (χ4n) is 2.69. The van der Waals surface area contributed by atoms with Crippen molar-refractivity contribution in [3.8, 4) is 11.5 Å². The van der Waals surface area contributed by atoms with Crippen molar-refractivity contribution in [1.82, 2.24) is 0 Å². The van der Waals surface area contributed by atoms with Crippen LogP contribution in [0.3, 0.4) is 0 Å². The quantitative estimate of drug-likeness (QED) is 0.708. The Labute approximate surface area is 115 Å². The van der Waals surface area contributed by atoms with Crippen LogP contribution in [0.5, 0.6) is 11.5 Å². The van der Waals surface area contributed by atoms with E-state index >= 15 is 0 Å². The second-order valence-corrected chi connectivity index (χ2v) is 5.70. The standard InChI is InChI=1S/C15H14O5/c1-6-15(2,3)10-11(17)7-4-5-8(16)12(18)9(7)13(19)14(10)20-6/h4-6,16,18H,1-3H3/t6-/m0/s1. The molecule has 0 aromatic heterocycles. The number of benzene rings is 1. The normalized spacial score (nSPS) is 23.4. The minimum absolute atomic E-state index is 0.0131. The molecular formula is C15H14O5. The van der Waals surface area contributed by atoms with Gasteiger partial charge < -0.3 is 14.9 Å². The van der Waals surface area contributed by atoms with Gasteiger partial charge in [-0.15, -0.1) is 0 Å². The second kappa shape index (κ2) is 3.62. The van der Waals surface area contributed by atoms with Crippen LogP contribution in [0.15, 0.2) is 23.5 Å². The summed E-state index contributed by atoms with van der Waals surface area (Å²) in [7, 11) is 0. The Morgan fingerprint density at radius 3 is 2.45 bits per heavy atom. The van der Waals surface area contributed by atoms with Gasteiger partial charge in [-0.05, 0) is 19.1 Å². The van der Waals surface area contributed by atoms with E-state index in [0.29, 0.717) is 5.57 Å². The van der Waals surface area contributed by atoms with Crippen LogP contribution in [0.1, 0.15) is 41.5 Å². The number of rotatable bonds is 0. The molecule has 1 aromatic rings. The highest BCUT2D eigenvalue weighted by Crippen LogP contribution is 2.49. The van der Waals surface area contributed by atoms with E-state index in [-0.39, 0.29) is 28.8 Å². The maximum absolute atomic E-state index is 12.6. The van der Waals surface area contributed by atoms with Crippen LogP contribution in [0.4, 0.5) is 0 Å². The van der Waals surface area contributed by atoms with E-state index in [1.165, 1.54) is 12.1 Å². The molecule has 1 aliphatic carbocycles. The van der Waals surface area contributed by atoms with Gasteiger partial charge in [0.05, 0.1) is 11.1 Å². The number of phenols is 2. The van der Waals surface area contributed by atoms with E-state index in [4.69, 9.17) is 4.74 Å². The van der Waals surface area contributed by atoms with Gasteiger partial charge in [-0.25, -0.2) is 0 Å². The fraction of sp³-hybridized carbons (Fsp3) is 0.333. The monoisotopic (exact) mass is 274 g/mol. The minimum atomic E-state index is -0.576. The van der Waals surface area contributed by atoms with Gasteiger partial charge >= 0.3 is 0 Å². The third-order valence-electron chi connectivity index (χ3n) is 4.24. The zero-order valence-corrected chi connectivity index (χ0v) is 11.4. The van der Waals surface area contributed by atoms with E-state index in [1.807, 2.05) is 13.8 Å². The zero-order valence-electron chi connectivity index (χ0n) is 11.4. The van der Waals surface area contributed by atoms with Crippen LogP contribution in [-0.4, -0.2) is 27.9 Å². The Bertz CT molecular complexity index is 696. The Balaban J connectivity index is 2.30. The van der Waals surface area contributed by atoms with Gasteiger partial charge in [0.25, 0.3) is 0 Å². The Morgan fingerprint density at radius 2 is 1.80 bits per heavy atom. The number of fused-ring (bicyclic) bond motifs is 1. The molecule has 0 spiro atoms. The molecule has 1 aliphatic heterocycles. The highest BCUT2D eigenvalue weighted by atomic mass is 16.5. The maximum Gasteiger partial charge on any atom is 0.232 e. The molecule has 104 valence electrons. The molecule has 5 nitrogen and oxygen atoms in total. The number of hydrogen-bond acceptors (Lipinski definition) is 5. The molecule has 1 aromatic carbocycles. The number of ether oxygens (including phenoxy) is 1. The minimum Gasteiger partial charge on any atom is -0.504 e. The number of ketones is 2. The highest BCUT2D eigenvalue weighted by Gasteiger charge is 2.50. The van der Waals surface area contributed by atoms with Crippen molar-refractivity contribution in [3.63, 3.8) is 0 Å². The summed E-state index contributed by atoms with van der Waals surface area (Å²) in [5.41, 5.74) is -0.311. The number of aromatic hydroxyl groups is 2. The van der Waals surface area contributed by atoms with Crippen LogP contribution >= 0.6 is 0 Å². The van der Waals surface area contributed by atoms with Crippen LogP contribution < -0.4 is 0 Å². The summed E-state index contributed by atoms with van der Waals surface area (Å²) in [5.74, 6) is -1.91. The third-order valence-corrected chi connectivity index (χ3v) is 4.24. The predicted molar refractivity (Wildman–Crippen MR) is 69.8 cm³/mol. The number of allylic oxidation sites excluding steroid dienone is 1. The first-order valence-electron chi connectivity index (χ1n) is 6.32. The van der Waals surface area contributed by atoms with Crippen LogP contribution in [0.2, 0.25) is 0 Å². The molecule has 1 heterocycles. The molecule has 5 heteroatoms. The summed E-state index contributed by atoms with van der Waals surface area (Å²) in [5, 5.41) is 19.4. The van der Waals surface area contributed by atoms with Gasteiger partial charge in [-0.1, -0.05) is 13.8 Å². The van der Waals surface area contributed by atoms with Crippen molar-refractivity contribution >= 4 is 11.6 Å². The van der Waals surface area contributed by atoms with E-state index in [1.54, 1.807) is 6.92 Å². The SMILES string of the molecule is C[C@@H]1OC2=C(C(=O)c3ccc(O)c(O)c3C2=O)C1(C)C. The molecule has 20 heavy (non-hydrogen) atoms. The fourth-order valence-corrected chi connectivity index (χ4v) is 2.69. The summed E-state index contributed by atoms with van der Waals surface area (Å²) in [6.45, 7) is 5.48. The first-order chi connectivity index (χ1) is 9.26. The number of phenolic OH excluding ortho intramolecular Hbond substituents is 2. The van der Waals surface area contributed by atoms with E-state index in [9.17, 15) is 19.8 Å². The Kier molecular flexibility index (Phi) is 2.31. The summed E-state index contributed by atoms with van der Waals surface area (Å²) >= 11 is 0. The highest BCUT2D eigenvalue weighted by molar-refractivity contribution is 6.28. The molecule has 0 bridgehead atoms. The lowest BCUT2D eigenvalue weighted by molar-refractivity contribution is 0.0720. The number of carbonyl (C=O) groups excluding carboxylic acids is 2. The molecule has 3 rings (SSSR count). The molecule has 0 amide bonds. The average Bonchev–Trinajstić information content (AvgIpc) is 2.61. The summed E-state index contributed by atoms with van der Waals surface area (Å²) in [4.78, 5) is 25.0. The van der Waals surface area contributed by atoms with Crippen LogP contribution in [0, 0.1) is 5.41 Å². The topological polar surface area (TPSA) is 83.8 Å². The van der Waals surface area contributed by atoms with Crippen LogP contribution in [-0.2, 0) is 4.74 Å². The van der Waals surface area contributed by atoms with E-state index in [0.717, 1.165) is 0 Å². The predicted octanol–water partition coefficient (Wildman–Crippen LogP) is 2.18. The summed E-state index contributed by atoms with van der Waals surface area (Å²) in [6.07, 6.45) is -0.314. The first kappa shape index (κ1) is 12.7. The lowest BCUT2D eigenvalue weighted by Crippen LogP contribution is -2.29. The molecule has 1 atom stereocenters. The lowest BCUT2D eigenvalue weighted by atomic mass is 9.74. The van der Waals surface area contributed by atoms with Gasteiger partial charge in [0.1, 0.15) is 6.10 Å². The second-order valence-electron chi connectivity index (χ2n) is 5.70. The molecule has 0 saturated heterocycles. The van der Waals surface area contributed by atoms with Crippen molar-refractivity contribution in [2.45, 2.75) is 26.9 Å². The van der Waals surface area contributed by atoms with E-state index in [2.05, 4.69) is 0 Å². The number of carbonyl (C=O) groups is 2. The van der Waals surface area contributed by atoms with Gasteiger partial charge in [-0.2, -0.15) is 0 Å². The molecule has 2 N–H and O–H groups in total. The van der Waals surface area contributed by atoms with Crippen LogP contribution in [0.25, 0.3) is 0 Å². The van der Waals surface area contributed by atoms with Gasteiger partial charge in [0.2, 0.25) is 5.78 Å². The largest absolute Gasteiger partial charge is 0.504 e. The Hall–Kier alpha value is -2.30. The molecule has 2 aliphatic rings. The van der Waals surface area contributed by atoms with Gasteiger partial charge in [0, 0.05) is 11.0 Å². The van der Waals surface area contributed by atoms with Crippen molar-refractivity contribution in [1.29, 1.82) is 0 Å². The third kappa shape index (κ3) is 1.32. The van der Waals surface area contributed by atoms with E-state index < -0.39 is 22.7 Å². The summed E-state index contributed by atoms with van der Waals surface area (Å²) < 4.78 is 5.53. The van der Waals surface area contributed by atoms with Crippen molar-refractivity contribution in [2.75, 3.05) is 0 Å². The lowest BCUT2D eigenvalue weighted by Gasteiger charge is -2.25. The van der Waals surface area contributed by atoms with Crippen molar-refractivity contribution < 1.29 is 24.5 Å². The van der Waals surface area contributed by atoms with Crippen molar-refractivity contribution in [2.24, 2.45) is 5.41 Å². The smallest absolute Gasteiger partial charge is 0.232 e. The maximum atomic E-state index is 12.6. The van der Waals surface area contributed by atoms with Crippen molar-refractivity contribution in [3.05, 3.63) is 34.6 Å². The molecule has 0 fully saturated rings. The molecular weight excluding hydrogens is 260 g/mol. The van der Waals surface area contributed by atoms with Gasteiger partial charge in [-0.3, -0.25) is 9.59 Å². The molecule has 0 radical (unpaired) electrons. The van der Waals surface area contributed by atoms with Gasteiger partial charge in [0.15, 0.2) is 23.0 Å². The molecule has 0 saturated carbocycles. The molecule has 0 unspecified atom stereocenters. The number of Topliss-reactive ketones (excluding diaryl/α,β-unsaturated/α-hetero) is 2. The Morgan fingerprint density at radius 1 is 1.15 bits per heavy atom. The number of hydrogen-bond donors (Lipinski definition) is 2. The first-order valence-corrected chi connectivity index (χ1v) is 6.32.